The molecule has 0 fully saturated rings. The lowest BCUT2D eigenvalue weighted by molar-refractivity contribution is 0.568. The van der Waals surface area contributed by atoms with Crippen molar-refractivity contribution in [1.82, 2.24) is 15.0 Å². The second kappa shape index (κ2) is 18.6. The first-order chi connectivity index (χ1) is 41.6. The SMILES string of the molecule is CC(C)(C)c1cc(-c2nc(-c3cc(C(C)(C)C)cc(C(C)(C)C)c3)nc(-c3cc4c5c(c3)N(c3ccccc3)c3c(cc6ccc7cccc8ccc3c6c78)B5c3cc5ccc6cccc7ccc(c3N4c3ccccc3)c5c67)n2)cc(C(C)(C)C)c1. The third kappa shape index (κ3) is 8.31. The molecule has 6 heteroatoms. The Morgan fingerprint density at radius 3 is 0.966 bits per heavy atom. The number of hydrogen-bond donors (Lipinski definition) is 0. The number of benzene rings is 13. The fourth-order valence-electron chi connectivity index (χ4n) is 14.4. The Hall–Kier alpha value is -9.39. The zero-order valence-electron chi connectivity index (χ0n) is 51.9. The van der Waals surface area contributed by atoms with Crippen LogP contribution in [0, 0.1) is 0 Å². The highest BCUT2D eigenvalue weighted by Crippen LogP contribution is 2.52. The Morgan fingerprint density at radius 2 is 0.621 bits per heavy atom. The van der Waals surface area contributed by atoms with Crippen LogP contribution in [0.3, 0.4) is 0 Å². The largest absolute Gasteiger partial charge is 0.311 e. The first-order valence-corrected chi connectivity index (χ1v) is 31.0. The van der Waals surface area contributed by atoms with Crippen molar-refractivity contribution in [1.29, 1.82) is 0 Å². The van der Waals surface area contributed by atoms with E-state index in [0.717, 1.165) is 39.4 Å². The predicted octanol–water partition coefficient (Wildman–Crippen LogP) is 19.9. The van der Waals surface area contributed by atoms with Crippen LogP contribution < -0.4 is 26.2 Å². The van der Waals surface area contributed by atoms with E-state index in [4.69, 9.17) is 15.0 Å². The molecule has 0 saturated carbocycles. The average molecular weight is 1120 g/mol. The number of fused-ring (bicyclic) bond motifs is 6. The zero-order chi connectivity index (χ0) is 59.8. The van der Waals surface area contributed by atoms with E-state index in [1.54, 1.807) is 0 Å². The smallest absolute Gasteiger partial charge is 0.252 e. The van der Waals surface area contributed by atoms with Crippen LogP contribution in [-0.4, -0.2) is 21.7 Å². The Morgan fingerprint density at radius 1 is 0.299 bits per heavy atom. The molecule has 5 nitrogen and oxygen atoms in total. The Bertz CT molecular complexity index is 4740. The highest BCUT2D eigenvalue weighted by Gasteiger charge is 2.46. The number of aromatic nitrogens is 3. The molecule has 2 aliphatic heterocycles. The van der Waals surface area contributed by atoms with Crippen LogP contribution >= 0.6 is 0 Å². The van der Waals surface area contributed by atoms with Gasteiger partial charge in [0.1, 0.15) is 0 Å². The van der Waals surface area contributed by atoms with Gasteiger partial charge in [-0.2, -0.15) is 0 Å². The molecular weight excluding hydrogens is 1050 g/mol. The van der Waals surface area contributed by atoms with Crippen molar-refractivity contribution < 1.29 is 0 Å². The van der Waals surface area contributed by atoms with Gasteiger partial charge in [-0.05, 0) is 175 Å². The van der Waals surface area contributed by atoms with E-state index in [1.807, 2.05) is 0 Å². The van der Waals surface area contributed by atoms with Gasteiger partial charge < -0.3 is 9.80 Å². The maximum absolute atomic E-state index is 5.79. The van der Waals surface area contributed by atoms with Crippen molar-refractivity contribution in [3.63, 3.8) is 0 Å². The number of nitrogens with zero attached hydrogens (tertiary/aromatic N) is 5. The molecule has 0 radical (unpaired) electrons. The average Bonchev–Trinajstić information content (AvgIpc) is 0.685. The Labute approximate surface area is 511 Å². The van der Waals surface area contributed by atoms with Crippen LogP contribution in [0.2, 0.25) is 0 Å². The summed E-state index contributed by atoms with van der Waals surface area (Å²) < 4.78 is 0. The summed E-state index contributed by atoms with van der Waals surface area (Å²) in [5.74, 6) is 1.92. The third-order valence-corrected chi connectivity index (χ3v) is 19.0. The minimum atomic E-state index is -0.172. The molecular formula is C81H70BN5. The fraction of sp³-hybridized carbons (Fsp3) is 0.198. The number of anilines is 6. The van der Waals surface area contributed by atoms with E-state index in [0.29, 0.717) is 17.5 Å². The maximum atomic E-state index is 5.79. The van der Waals surface area contributed by atoms with Crippen molar-refractivity contribution in [3.05, 3.63) is 229 Å². The van der Waals surface area contributed by atoms with Gasteiger partial charge in [-0.15, -0.1) is 0 Å². The monoisotopic (exact) mass is 1120 g/mol. The molecule has 13 aromatic carbocycles. The molecule has 2 aliphatic rings. The molecule has 3 heterocycles. The maximum Gasteiger partial charge on any atom is 0.252 e. The van der Waals surface area contributed by atoms with Gasteiger partial charge in [0.2, 0.25) is 0 Å². The van der Waals surface area contributed by atoms with E-state index in [1.165, 1.54) is 115 Å². The molecule has 0 N–H and O–H groups in total. The number of hydrogen-bond acceptors (Lipinski definition) is 5. The van der Waals surface area contributed by atoms with Crippen LogP contribution in [0.5, 0.6) is 0 Å². The molecule has 0 spiro atoms. The van der Waals surface area contributed by atoms with Crippen molar-refractivity contribution >= 4 is 122 Å². The number of rotatable bonds is 5. The lowest BCUT2D eigenvalue weighted by Crippen LogP contribution is -2.61. The quantitative estimate of drug-likeness (QED) is 0.127. The highest BCUT2D eigenvalue weighted by atomic mass is 15.2. The summed E-state index contributed by atoms with van der Waals surface area (Å²) in [5, 5.41) is 15.1. The topological polar surface area (TPSA) is 45.2 Å². The van der Waals surface area contributed by atoms with Gasteiger partial charge in [-0.25, -0.2) is 15.0 Å². The van der Waals surface area contributed by atoms with Gasteiger partial charge >= 0.3 is 0 Å². The van der Waals surface area contributed by atoms with Crippen LogP contribution in [0.4, 0.5) is 34.1 Å². The summed E-state index contributed by atoms with van der Waals surface area (Å²) in [6, 6.07) is 78.4. The van der Waals surface area contributed by atoms with Gasteiger partial charge in [0.15, 0.2) is 17.5 Å². The summed E-state index contributed by atoms with van der Waals surface area (Å²) >= 11 is 0. The summed E-state index contributed by atoms with van der Waals surface area (Å²) in [6.07, 6.45) is 0. The van der Waals surface area contributed by atoms with Crippen molar-refractivity contribution in [2.45, 2.75) is 105 Å². The van der Waals surface area contributed by atoms with Crippen LogP contribution in [0.1, 0.15) is 105 Å². The highest BCUT2D eigenvalue weighted by molar-refractivity contribution is 7.01. The third-order valence-electron chi connectivity index (χ3n) is 19.0. The molecule has 422 valence electrons. The van der Waals surface area contributed by atoms with E-state index >= 15 is 0 Å². The first-order valence-electron chi connectivity index (χ1n) is 31.0. The normalized spacial score (nSPS) is 13.7. The molecule has 1 aromatic heterocycles. The number of para-hydroxylation sites is 2. The van der Waals surface area contributed by atoms with Gasteiger partial charge in [0, 0.05) is 61.6 Å². The fourth-order valence-corrected chi connectivity index (χ4v) is 14.4. The molecule has 87 heavy (non-hydrogen) atoms. The molecule has 0 saturated heterocycles. The second-order valence-electron chi connectivity index (χ2n) is 28.9. The van der Waals surface area contributed by atoms with E-state index in [2.05, 4.69) is 299 Å². The predicted molar refractivity (Wildman–Crippen MR) is 372 cm³/mol. The lowest BCUT2D eigenvalue weighted by atomic mass is 9.33. The van der Waals surface area contributed by atoms with Gasteiger partial charge in [-0.3, -0.25) is 0 Å². The van der Waals surface area contributed by atoms with Gasteiger partial charge in [-0.1, -0.05) is 229 Å². The second-order valence-corrected chi connectivity index (χ2v) is 28.9. The van der Waals surface area contributed by atoms with Crippen molar-refractivity contribution in [3.8, 4) is 34.2 Å². The minimum Gasteiger partial charge on any atom is -0.311 e. The Balaban J connectivity index is 1.07. The molecule has 0 unspecified atom stereocenters. The van der Waals surface area contributed by atoms with Gasteiger partial charge in [0.25, 0.3) is 6.71 Å². The lowest BCUT2D eigenvalue weighted by Gasteiger charge is -2.45. The molecule has 0 amide bonds. The van der Waals surface area contributed by atoms with Crippen LogP contribution in [0.25, 0.3) is 98.8 Å². The standard InChI is InChI=1S/C81H70BN5/c1-78(2,3)56-37-53(38-57(45-56)79(4,5)6)75-83-76(54-39-58(80(7,8)9)46-59(40-54)81(10,11)12)85-77(84-75)55-43-66-72-67(44-55)87(61-27-17-14-18-28-61)74-63-36-34-50-24-20-22-48-30-32-52(71(63)69(48)50)42-65(74)82(72)64-41-51-31-29-47-21-19-23-49-33-35-62(70(51)68(47)49)73(64)86(66)60-25-15-13-16-26-60/h13-46H,1-12H3. The zero-order valence-corrected chi connectivity index (χ0v) is 51.9. The molecule has 14 aromatic rings. The van der Waals surface area contributed by atoms with Crippen molar-refractivity contribution in [2.24, 2.45) is 0 Å². The molecule has 0 atom stereocenters. The van der Waals surface area contributed by atoms with Crippen molar-refractivity contribution in [2.75, 3.05) is 9.80 Å². The molecule has 0 aliphatic carbocycles. The van der Waals surface area contributed by atoms with E-state index in [9.17, 15) is 0 Å². The molecule has 16 rings (SSSR count). The van der Waals surface area contributed by atoms with E-state index < -0.39 is 0 Å². The summed E-state index contributed by atoms with van der Waals surface area (Å²) in [5.41, 5.74) is 17.8. The summed E-state index contributed by atoms with van der Waals surface area (Å²) in [6.45, 7) is 27.5. The van der Waals surface area contributed by atoms with Gasteiger partial charge in [0.05, 0.1) is 0 Å². The Kier molecular flexibility index (Phi) is 11.3. The van der Waals surface area contributed by atoms with Crippen LogP contribution in [-0.2, 0) is 21.7 Å². The van der Waals surface area contributed by atoms with Crippen LogP contribution in [0.15, 0.2) is 206 Å². The summed E-state index contributed by atoms with van der Waals surface area (Å²) in [7, 11) is 0. The first kappa shape index (κ1) is 53.1. The minimum absolute atomic E-state index is 0.134. The summed E-state index contributed by atoms with van der Waals surface area (Å²) in [4.78, 5) is 22.4. The van der Waals surface area contributed by atoms with E-state index in [-0.39, 0.29) is 28.4 Å². The molecule has 0 bridgehead atoms.